The van der Waals surface area contributed by atoms with E-state index in [1.807, 2.05) is 30.3 Å². The highest BCUT2D eigenvalue weighted by Crippen LogP contribution is 2.34. The molecule has 6 heteroatoms. The molecule has 0 spiro atoms. The van der Waals surface area contributed by atoms with Gasteiger partial charge in [-0.15, -0.1) is 0 Å². The molecule has 0 aliphatic carbocycles. The molecule has 1 unspecified atom stereocenters. The summed E-state index contributed by atoms with van der Waals surface area (Å²) < 4.78 is 7.04. The second kappa shape index (κ2) is 7.45. The van der Waals surface area contributed by atoms with Gasteiger partial charge in [-0.25, -0.2) is 4.98 Å². The molecule has 0 fully saturated rings. The van der Waals surface area contributed by atoms with Gasteiger partial charge >= 0.3 is 0 Å². The molecule has 4 nitrogen and oxygen atoms in total. The predicted octanol–water partition coefficient (Wildman–Crippen LogP) is 5.35. The van der Waals surface area contributed by atoms with Crippen molar-refractivity contribution in [3.05, 3.63) is 51.2 Å². The first-order valence-electron chi connectivity index (χ1n) is 7.46. The number of aliphatic imine (C=N–C) groups is 1. The zero-order valence-corrected chi connectivity index (χ0v) is 15.9. The molecule has 0 bridgehead atoms. The van der Waals surface area contributed by atoms with Crippen LogP contribution in [-0.2, 0) is 0 Å². The summed E-state index contributed by atoms with van der Waals surface area (Å²) in [5.41, 5.74) is 2.06. The van der Waals surface area contributed by atoms with Gasteiger partial charge in [0, 0.05) is 12.0 Å². The van der Waals surface area contributed by atoms with Gasteiger partial charge in [0.05, 0.1) is 18.8 Å². The lowest BCUT2D eigenvalue weighted by Crippen LogP contribution is -2.19. The molecule has 1 aliphatic heterocycles. The zero-order valence-electron chi connectivity index (χ0n) is 12.7. The van der Waals surface area contributed by atoms with Crippen LogP contribution in [0.2, 0.25) is 0 Å². The van der Waals surface area contributed by atoms with Crippen molar-refractivity contribution in [3.63, 3.8) is 0 Å². The number of nitrogens with one attached hydrogen (secondary N) is 1. The minimum atomic E-state index is 0.129. The van der Waals surface area contributed by atoms with Gasteiger partial charge in [0.25, 0.3) is 0 Å². The van der Waals surface area contributed by atoms with Crippen LogP contribution in [0.1, 0.15) is 30.9 Å². The number of aromatic nitrogens is 1. The predicted molar refractivity (Wildman–Crippen MR) is 100 cm³/mol. The van der Waals surface area contributed by atoms with Crippen LogP contribution in [0, 0.1) is 0 Å². The third kappa shape index (κ3) is 3.93. The van der Waals surface area contributed by atoms with Gasteiger partial charge in [0.2, 0.25) is 0 Å². The first-order valence-corrected chi connectivity index (χ1v) is 9.04. The molecule has 1 aromatic carbocycles. The normalized spacial score (nSPS) is 17.5. The van der Waals surface area contributed by atoms with Crippen molar-refractivity contribution in [2.75, 3.05) is 12.4 Å². The summed E-state index contributed by atoms with van der Waals surface area (Å²) in [6.07, 6.45) is 3.07. The van der Waals surface area contributed by atoms with E-state index in [4.69, 9.17) is 9.73 Å². The second-order valence-electron chi connectivity index (χ2n) is 5.32. The number of para-hydroxylation sites is 1. The highest BCUT2D eigenvalue weighted by molar-refractivity contribution is 9.11. The third-order valence-electron chi connectivity index (χ3n) is 3.79. The number of amidine groups is 1. The van der Waals surface area contributed by atoms with E-state index in [2.05, 4.69) is 48.2 Å². The van der Waals surface area contributed by atoms with E-state index < -0.39 is 0 Å². The highest BCUT2D eigenvalue weighted by Gasteiger charge is 2.20. The van der Waals surface area contributed by atoms with Crippen LogP contribution in [0.3, 0.4) is 0 Å². The number of halogens is 2. The molecule has 2 aromatic rings. The lowest BCUT2D eigenvalue weighted by molar-refractivity contribution is 0.403. The molecule has 1 aliphatic rings. The fourth-order valence-electron chi connectivity index (χ4n) is 2.70. The van der Waals surface area contributed by atoms with Gasteiger partial charge in [-0.05, 0) is 62.9 Å². The van der Waals surface area contributed by atoms with Crippen molar-refractivity contribution >= 4 is 43.4 Å². The summed E-state index contributed by atoms with van der Waals surface area (Å²) in [4.78, 5) is 9.22. The zero-order chi connectivity index (χ0) is 16.2. The van der Waals surface area contributed by atoms with E-state index in [1.165, 1.54) is 0 Å². The Morgan fingerprint density at radius 3 is 2.78 bits per heavy atom. The van der Waals surface area contributed by atoms with E-state index in [-0.39, 0.29) is 6.04 Å². The molecular formula is C17H17Br2N3O. The summed E-state index contributed by atoms with van der Waals surface area (Å²) in [6.45, 7) is 0. The Balaban J connectivity index is 1.84. The molecule has 3 rings (SSSR count). The van der Waals surface area contributed by atoms with Gasteiger partial charge < -0.3 is 10.1 Å². The standard InChI is InChI=1S/C17H17Br2N3O/c1-23-14-7-3-2-5-11(14)12-6-4-8-16(20-12)21-13-9-10-15(18)22-17(13)19/h2-3,5,7,9-10,12H,4,6,8H2,1H3,(H,20,21). The van der Waals surface area contributed by atoms with Crippen LogP contribution in [0.5, 0.6) is 5.75 Å². The third-order valence-corrected chi connectivity index (χ3v) is 4.84. The van der Waals surface area contributed by atoms with Crippen LogP contribution in [0.15, 0.2) is 50.6 Å². The smallest absolute Gasteiger partial charge is 0.130 e. The van der Waals surface area contributed by atoms with Crippen LogP contribution in [0.4, 0.5) is 5.69 Å². The molecule has 1 atom stereocenters. The van der Waals surface area contributed by atoms with Crippen molar-refractivity contribution in [2.24, 2.45) is 4.99 Å². The van der Waals surface area contributed by atoms with E-state index in [9.17, 15) is 0 Å². The highest BCUT2D eigenvalue weighted by atomic mass is 79.9. The Hall–Kier alpha value is -1.40. The van der Waals surface area contributed by atoms with Gasteiger partial charge in [-0.1, -0.05) is 18.2 Å². The largest absolute Gasteiger partial charge is 0.496 e. The molecule has 1 aromatic heterocycles. The van der Waals surface area contributed by atoms with Crippen molar-refractivity contribution in [2.45, 2.75) is 25.3 Å². The SMILES string of the molecule is COc1ccccc1C1CCCC(Nc2ccc(Br)nc2Br)=N1. The Kier molecular flexibility index (Phi) is 5.33. The van der Waals surface area contributed by atoms with Crippen LogP contribution >= 0.6 is 31.9 Å². The average molecular weight is 439 g/mol. The lowest BCUT2D eigenvalue weighted by Gasteiger charge is -2.23. The van der Waals surface area contributed by atoms with E-state index >= 15 is 0 Å². The minimum Gasteiger partial charge on any atom is -0.496 e. The Labute approximate surface area is 152 Å². The molecular weight excluding hydrogens is 422 g/mol. The molecule has 0 saturated carbocycles. The maximum absolute atomic E-state index is 5.47. The summed E-state index contributed by atoms with van der Waals surface area (Å²) >= 11 is 6.84. The quantitative estimate of drug-likeness (QED) is 0.657. The summed E-state index contributed by atoms with van der Waals surface area (Å²) in [5, 5.41) is 3.39. The summed E-state index contributed by atoms with van der Waals surface area (Å²) in [7, 11) is 1.70. The van der Waals surface area contributed by atoms with E-state index in [0.29, 0.717) is 0 Å². The second-order valence-corrected chi connectivity index (χ2v) is 6.89. The topological polar surface area (TPSA) is 46.5 Å². The maximum atomic E-state index is 5.47. The molecule has 23 heavy (non-hydrogen) atoms. The van der Waals surface area contributed by atoms with Gasteiger partial charge in [0.1, 0.15) is 20.8 Å². The summed E-state index contributed by atoms with van der Waals surface area (Å²) in [6, 6.07) is 12.1. The van der Waals surface area contributed by atoms with E-state index in [1.54, 1.807) is 7.11 Å². The monoisotopic (exact) mass is 437 g/mol. The number of hydrogen-bond donors (Lipinski definition) is 1. The maximum Gasteiger partial charge on any atom is 0.130 e. The van der Waals surface area contributed by atoms with Gasteiger partial charge in [-0.3, -0.25) is 4.99 Å². The fraction of sp³-hybridized carbons (Fsp3) is 0.294. The van der Waals surface area contributed by atoms with Crippen molar-refractivity contribution in [3.8, 4) is 5.75 Å². The number of nitrogens with zero attached hydrogens (tertiary/aromatic N) is 2. The first-order chi connectivity index (χ1) is 11.2. The number of anilines is 1. The fourth-order valence-corrected chi connectivity index (χ4v) is 3.67. The summed E-state index contributed by atoms with van der Waals surface area (Å²) in [5.74, 6) is 1.88. The molecule has 1 N–H and O–H groups in total. The Morgan fingerprint density at radius 1 is 1.17 bits per heavy atom. The van der Waals surface area contributed by atoms with E-state index in [0.717, 1.165) is 51.3 Å². The molecule has 0 radical (unpaired) electrons. The molecule has 120 valence electrons. The molecule has 2 heterocycles. The first kappa shape index (κ1) is 16.5. The van der Waals surface area contributed by atoms with Crippen molar-refractivity contribution in [1.29, 1.82) is 0 Å². The van der Waals surface area contributed by atoms with Gasteiger partial charge in [0.15, 0.2) is 0 Å². The van der Waals surface area contributed by atoms with Crippen LogP contribution < -0.4 is 10.1 Å². The lowest BCUT2D eigenvalue weighted by atomic mass is 9.97. The Morgan fingerprint density at radius 2 is 2.00 bits per heavy atom. The number of ether oxygens (including phenoxy) is 1. The average Bonchev–Trinajstić information content (AvgIpc) is 2.58. The van der Waals surface area contributed by atoms with Crippen molar-refractivity contribution in [1.82, 2.24) is 4.98 Å². The number of hydrogen-bond acceptors (Lipinski definition) is 4. The van der Waals surface area contributed by atoms with Gasteiger partial charge in [-0.2, -0.15) is 0 Å². The van der Waals surface area contributed by atoms with Crippen LogP contribution in [-0.4, -0.2) is 17.9 Å². The minimum absolute atomic E-state index is 0.129. The van der Waals surface area contributed by atoms with Crippen LogP contribution in [0.25, 0.3) is 0 Å². The molecule has 0 amide bonds. The molecule has 0 saturated heterocycles. The number of rotatable bonds is 3. The number of pyridine rings is 1. The Bertz CT molecular complexity index is 734. The number of benzene rings is 1. The van der Waals surface area contributed by atoms with Crippen molar-refractivity contribution < 1.29 is 4.74 Å². The number of methoxy groups -OCH3 is 1.